The summed E-state index contributed by atoms with van der Waals surface area (Å²) in [7, 11) is 1.70. The summed E-state index contributed by atoms with van der Waals surface area (Å²) in [6.45, 7) is 7.16. The van der Waals surface area contributed by atoms with E-state index >= 15 is 0 Å². The SMILES string of the molecule is CCC(CC)(CN)C(=O)NCC(c1ccccc1OC)N1CCCC1. The van der Waals surface area contributed by atoms with Crippen LogP contribution in [-0.4, -0.2) is 44.1 Å². The molecular weight excluding hydrogens is 314 g/mol. The molecule has 1 atom stereocenters. The van der Waals surface area contributed by atoms with Crippen LogP contribution in [0.1, 0.15) is 51.1 Å². The summed E-state index contributed by atoms with van der Waals surface area (Å²) in [6.07, 6.45) is 3.93. The van der Waals surface area contributed by atoms with Gasteiger partial charge in [0.25, 0.3) is 0 Å². The molecule has 1 saturated heterocycles. The second-order valence-corrected chi connectivity index (χ2v) is 6.90. The van der Waals surface area contributed by atoms with Crippen LogP contribution in [0, 0.1) is 5.41 Å². The van der Waals surface area contributed by atoms with E-state index in [0.717, 1.165) is 37.2 Å². The van der Waals surface area contributed by atoms with Gasteiger partial charge in [-0.15, -0.1) is 0 Å². The Kier molecular flexibility index (Phi) is 7.26. The minimum absolute atomic E-state index is 0.0686. The Morgan fingerprint density at radius 1 is 1.28 bits per heavy atom. The summed E-state index contributed by atoms with van der Waals surface area (Å²) in [6, 6.07) is 8.24. The lowest BCUT2D eigenvalue weighted by atomic mass is 9.81. The molecule has 0 aromatic heterocycles. The van der Waals surface area contributed by atoms with Gasteiger partial charge in [0.05, 0.1) is 18.6 Å². The first-order valence-corrected chi connectivity index (χ1v) is 9.47. The molecule has 0 spiro atoms. The van der Waals surface area contributed by atoms with Crippen LogP contribution >= 0.6 is 0 Å². The topological polar surface area (TPSA) is 67.6 Å². The van der Waals surface area contributed by atoms with E-state index in [4.69, 9.17) is 10.5 Å². The van der Waals surface area contributed by atoms with E-state index in [1.54, 1.807) is 7.11 Å². The van der Waals surface area contributed by atoms with Crippen LogP contribution in [0.5, 0.6) is 5.75 Å². The number of amides is 1. The first kappa shape index (κ1) is 19.7. The number of ether oxygens (including phenoxy) is 1. The number of carbonyl (C=O) groups is 1. The predicted octanol–water partition coefficient (Wildman–Crippen LogP) is 2.71. The maximum Gasteiger partial charge on any atom is 0.227 e. The Morgan fingerprint density at radius 3 is 2.48 bits per heavy atom. The van der Waals surface area contributed by atoms with E-state index in [9.17, 15) is 4.79 Å². The van der Waals surface area contributed by atoms with E-state index in [2.05, 4.69) is 16.3 Å². The molecule has 1 fully saturated rings. The first-order valence-electron chi connectivity index (χ1n) is 9.47. The number of hydrogen-bond acceptors (Lipinski definition) is 4. The van der Waals surface area contributed by atoms with Crippen molar-refractivity contribution in [3.8, 4) is 5.75 Å². The van der Waals surface area contributed by atoms with Crippen LogP contribution in [0.25, 0.3) is 0 Å². The Bertz CT molecular complexity index is 543. The number of benzene rings is 1. The molecule has 0 aliphatic carbocycles. The van der Waals surface area contributed by atoms with E-state index in [-0.39, 0.29) is 11.9 Å². The highest BCUT2D eigenvalue weighted by atomic mass is 16.5. The fourth-order valence-corrected chi connectivity index (χ4v) is 3.76. The van der Waals surface area contributed by atoms with Gasteiger partial charge in [-0.05, 0) is 44.8 Å². The minimum Gasteiger partial charge on any atom is -0.496 e. The lowest BCUT2D eigenvalue weighted by Gasteiger charge is -2.33. The third kappa shape index (κ3) is 4.33. The molecule has 5 heteroatoms. The van der Waals surface area contributed by atoms with Crippen molar-refractivity contribution in [2.24, 2.45) is 11.1 Å². The van der Waals surface area contributed by atoms with Crippen LogP contribution < -0.4 is 15.8 Å². The number of para-hydroxylation sites is 1. The van der Waals surface area contributed by atoms with E-state index in [1.807, 2.05) is 32.0 Å². The average Bonchev–Trinajstić information content (AvgIpc) is 3.18. The van der Waals surface area contributed by atoms with Crippen molar-refractivity contribution in [2.45, 2.75) is 45.6 Å². The van der Waals surface area contributed by atoms with Gasteiger partial charge >= 0.3 is 0 Å². The quantitative estimate of drug-likeness (QED) is 0.721. The van der Waals surface area contributed by atoms with Crippen LogP contribution in [0.2, 0.25) is 0 Å². The molecular formula is C20H33N3O2. The highest BCUT2D eigenvalue weighted by molar-refractivity contribution is 5.82. The van der Waals surface area contributed by atoms with Gasteiger partial charge in [-0.3, -0.25) is 9.69 Å². The zero-order chi connectivity index (χ0) is 18.3. The number of rotatable bonds is 9. The lowest BCUT2D eigenvalue weighted by Crippen LogP contribution is -2.47. The van der Waals surface area contributed by atoms with Crippen molar-refractivity contribution in [2.75, 3.05) is 33.3 Å². The zero-order valence-corrected chi connectivity index (χ0v) is 15.9. The number of nitrogens with two attached hydrogens (primary N) is 1. The third-order valence-corrected chi connectivity index (χ3v) is 5.76. The highest BCUT2D eigenvalue weighted by Gasteiger charge is 2.34. The largest absolute Gasteiger partial charge is 0.496 e. The van der Waals surface area contributed by atoms with Gasteiger partial charge in [0.1, 0.15) is 5.75 Å². The zero-order valence-electron chi connectivity index (χ0n) is 15.9. The van der Waals surface area contributed by atoms with E-state index in [0.29, 0.717) is 13.1 Å². The Morgan fingerprint density at radius 2 is 1.92 bits per heavy atom. The molecule has 0 bridgehead atoms. The van der Waals surface area contributed by atoms with Crippen molar-refractivity contribution in [1.29, 1.82) is 0 Å². The molecule has 0 saturated carbocycles. The second kappa shape index (κ2) is 9.20. The summed E-state index contributed by atoms with van der Waals surface area (Å²) in [4.78, 5) is 15.3. The Balaban J connectivity index is 2.18. The summed E-state index contributed by atoms with van der Waals surface area (Å²) in [5, 5.41) is 3.19. The van der Waals surface area contributed by atoms with Crippen molar-refractivity contribution in [3.63, 3.8) is 0 Å². The van der Waals surface area contributed by atoms with Crippen molar-refractivity contribution in [1.82, 2.24) is 10.2 Å². The number of nitrogens with zero attached hydrogens (tertiary/aromatic N) is 1. The molecule has 0 radical (unpaired) electrons. The molecule has 1 aromatic carbocycles. The van der Waals surface area contributed by atoms with Gasteiger partial charge in [0.2, 0.25) is 5.91 Å². The van der Waals surface area contributed by atoms with Gasteiger partial charge in [0.15, 0.2) is 0 Å². The Hall–Kier alpha value is -1.59. The molecule has 1 aliphatic rings. The van der Waals surface area contributed by atoms with Gasteiger partial charge in [0, 0.05) is 18.7 Å². The molecule has 1 unspecified atom stereocenters. The summed E-state index contributed by atoms with van der Waals surface area (Å²) in [5.74, 6) is 0.948. The third-order valence-electron chi connectivity index (χ3n) is 5.76. The summed E-state index contributed by atoms with van der Waals surface area (Å²) in [5.41, 5.74) is 6.60. The summed E-state index contributed by atoms with van der Waals surface area (Å²) < 4.78 is 5.56. The number of nitrogens with one attached hydrogen (secondary N) is 1. The molecule has 3 N–H and O–H groups in total. The number of hydrogen-bond donors (Lipinski definition) is 2. The molecule has 1 heterocycles. The first-order chi connectivity index (χ1) is 12.1. The molecule has 140 valence electrons. The van der Waals surface area contributed by atoms with Crippen LogP contribution in [0.15, 0.2) is 24.3 Å². The van der Waals surface area contributed by atoms with Crippen molar-refractivity contribution in [3.05, 3.63) is 29.8 Å². The smallest absolute Gasteiger partial charge is 0.227 e. The molecule has 2 rings (SSSR count). The fraction of sp³-hybridized carbons (Fsp3) is 0.650. The van der Waals surface area contributed by atoms with Crippen molar-refractivity contribution < 1.29 is 9.53 Å². The standard InChI is InChI=1S/C20H33N3O2/c1-4-20(5-2,15-21)19(24)22-14-17(23-12-8-9-13-23)16-10-6-7-11-18(16)25-3/h6-7,10-11,17H,4-5,8-9,12-15,21H2,1-3H3,(H,22,24). The van der Waals surface area contributed by atoms with Crippen molar-refractivity contribution >= 4 is 5.91 Å². The van der Waals surface area contributed by atoms with Gasteiger partial charge in [-0.25, -0.2) is 0 Å². The second-order valence-electron chi connectivity index (χ2n) is 6.90. The maximum absolute atomic E-state index is 12.8. The Labute approximate surface area is 151 Å². The average molecular weight is 348 g/mol. The number of likely N-dealkylation sites (tertiary alicyclic amines) is 1. The van der Waals surface area contributed by atoms with Gasteiger partial charge in [-0.1, -0.05) is 32.0 Å². The highest BCUT2D eigenvalue weighted by Crippen LogP contribution is 2.32. The molecule has 1 aliphatic heterocycles. The molecule has 1 amide bonds. The van der Waals surface area contributed by atoms with Crippen LogP contribution in [0.4, 0.5) is 0 Å². The van der Waals surface area contributed by atoms with E-state index < -0.39 is 5.41 Å². The normalized spacial score (nSPS) is 16.6. The minimum atomic E-state index is -0.462. The van der Waals surface area contributed by atoms with Gasteiger partial charge < -0.3 is 15.8 Å². The molecule has 1 aromatic rings. The summed E-state index contributed by atoms with van der Waals surface area (Å²) >= 11 is 0. The van der Waals surface area contributed by atoms with Crippen LogP contribution in [-0.2, 0) is 4.79 Å². The van der Waals surface area contributed by atoms with E-state index in [1.165, 1.54) is 12.8 Å². The maximum atomic E-state index is 12.8. The number of methoxy groups -OCH3 is 1. The fourth-order valence-electron chi connectivity index (χ4n) is 3.76. The molecule has 5 nitrogen and oxygen atoms in total. The molecule has 25 heavy (non-hydrogen) atoms. The predicted molar refractivity (Wildman–Crippen MR) is 102 cm³/mol. The van der Waals surface area contributed by atoms with Crippen LogP contribution in [0.3, 0.4) is 0 Å². The van der Waals surface area contributed by atoms with Gasteiger partial charge in [-0.2, -0.15) is 0 Å². The lowest BCUT2D eigenvalue weighted by molar-refractivity contribution is -0.131. The number of carbonyl (C=O) groups excluding carboxylic acids is 1. The monoisotopic (exact) mass is 347 g/mol.